The monoisotopic (exact) mass is 977 g/mol. The third-order valence-corrected chi connectivity index (χ3v) is 12.0. The lowest BCUT2D eigenvalue weighted by Crippen LogP contribution is -2.03. The van der Waals surface area contributed by atoms with E-state index in [0.29, 0.717) is 19.3 Å². The van der Waals surface area contributed by atoms with Crippen LogP contribution in [0.5, 0.6) is 0 Å². The first kappa shape index (κ1) is 75.2. The molecule has 0 radical (unpaired) electrons. The highest BCUT2D eigenvalue weighted by atomic mass is 16.4. The van der Waals surface area contributed by atoms with Crippen LogP contribution in [-0.4, -0.2) is 79.1 Å². The van der Waals surface area contributed by atoms with Gasteiger partial charge >= 0.3 is 17.9 Å². The Morgan fingerprint density at radius 3 is 0.456 bits per heavy atom. The van der Waals surface area contributed by atoms with Crippen molar-refractivity contribution in [3.63, 3.8) is 0 Å². The minimum absolute atomic E-state index is 0.139. The summed E-state index contributed by atoms with van der Waals surface area (Å²) in [6.07, 6.45) is 56.5. The van der Waals surface area contributed by atoms with E-state index in [-0.39, 0.29) is 13.2 Å². The summed E-state index contributed by atoms with van der Waals surface area (Å²) in [5.74, 6) is -1.96. The Kier molecular flexibility index (Phi) is 79.4. The maximum absolute atomic E-state index is 10.3. The summed E-state index contributed by atoms with van der Waals surface area (Å²) in [6.45, 7) is 9.58. The van der Waals surface area contributed by atoms with Crippen LogP contribution in [0.4, 0.5) is 0 Å². The number of carboxylic acid groups (broad SMARTS) is 3. The molecule has 0 fully saturated rings. The molecule has 0 spiro atoms. The molecule has 0 aromatic rings. The van der Waals surface area contributed by atoms with Gasteiger partial charge in [0.05, 0.1) is 25.4 Å². The second-order valence-corrected chi connectivity index (χ2v) is 19.6. The van der Waals surface area contributed by atoms with Crippen molar-refractivity contribution in [2.75, 3.05) is 13.2 Å². The highest BCUT2D eigenvalue weighted by Gasteiger charge is 2.00. The fraction of sp³-hybridized carbons (Fsp3) is 0.948. The molecule has 0 saturated heterocycles. The van der Waals surface area contributed by atoms with Crippen molar-refractivity contribution < 1.29 is 50.1 Å². The van der Waals surface area contributed by atoms with Gasteiger partial charge in [0.15, 0.2) is 0 Å². The van der Waals surface area contributed by atoms with E-state index in [0.717, 1.165) is 38.5 Å². The maximum atomic E-state index is 10.3. The van der Waals surface area contributed by atoms with Gasteiger partial charge in [-0.05, 0) is 33.1 Å². The first-order valence-corrected chi connectivity index (χ1v) is 29.1. The molecule has 2 unspecified atom stereocenters. The van der Waals surface area contributed by atoms with E-state index in [2.05, 4.69) is 20.8 Å². The third kappa shape index (κ3) is 97.9. The lowest BCUT2D eigenvalue weighted by molar-refractivity contribution is -0.138. The summed E-state index contributed by atoms with van der Waals surface area (Å²) in [5.41, 5.74) is 0. The van der Waals surface area contributed by atoms with Crippen LogP contribution in [0.3, 0.4) is 0 Å². The molecule has 2 atom stereocenters. The van der Waals surface area contributed by atoms with Crippen LogP contribution < -0.4 is 0 Å². The predicted molar refractivity (Wildman–Crippen MR) is 290 cm³/mol. The molecular weight excluding hydrogens is 857 g/mol. The van der Waals surface area contributed by atoms with Gasteiger partial charge in [-0.3, -0.25) is 14.4 Å². The number of aliphatic hydroxyl groups is 4. The van der Waals surface area contributed by atoms with Crippen molar-refractivity contribution in [2.45, 2.75) is 342 Å². The molecule has 0 bridgehead atoms. The Morgan fingerprint density at radius 2 is 0.368 bits per heavy atom. The highest BCUT2D eigenvalue weighted by molar-refractivity contribution is 5.67. The van der Waals surface area contributed by atoms with Gasteiger partial charge in [-0.15, -0.1) is 0 Å². The Hall–Kier alpha value is -1.75. The van der Waals surface area contributed by atoms with Crippen molar-refractivity contribution in [2.24, 2.45) is 0 Å². The predicted octanol–water partition coefficient (Wildman–Crippen LogP) is 16.9. The normalized spacial score (nSPS) is 11.4. The smallest absolute Gasteiger partial charge is 0.303 e. The number of rotatable bonds is 48. The van der Waals surface area contributed by atoms with Crippen molar-refractivity contribution in [1.82, 2.24) is 0 Å². The van der Waals surface area contributed by atoms with Crippen LogP contribution >= 0.6 is 0 Å². The molecule has 0 aromatic heterocycles. The highest BCUT2D eigenvalue weighted by Crippen LogP contribution is 2.16. The van der Waals surface area contributed by atoms with E-state index < -0.39 is 30.1 Å². The Labute approximate surface area is 422 Å². The minimum atomic E-state index is -0.655. The number of hydrogen-bond acceptors (Lipinski definition) is 7. The molecule has 0 aliphatic rings. The average molecular weight is 978 g/mol. The summed E-state index contributed by atoms with van der Waals surface area (Å²) in [6, 6.07) is 0. The largest absolute Gasteiger partial charge is 0.481 e. The van der Waals surface area contributed by atoms with Crippen molar-refractivity contribution >= 4 is 17.9 Å². The number of aliphatic hydroxyl groups excluding tert-OH is 4. The van der Waals surface area contributed by atoms with Crippen LogP contribution in [-0.2, 0) is 14.4 Å². The number of unbranched alkanes of at least 4 members (excludes halogenated alkanes) is 40. The first-order chi connectivity index (χ1) is 32.9. The van der Waals surface area contributed by atoms with Gasteiger partial charge < -0.3 is 35.7 Å². The molecule has 412 valence electrons. The van der Waals surface area contributed by atoms with Gasteiger partial charge in [0.25, 0.3) is 0 Å². The zero-order valence-electron chi connectivity index (χ0n) is 46.0. The van der Waals surface area contributed by atoms with Gasteiger partial charge in [0.2, 0.25) is 0 Å². The summed E-state index contributed by atoms with van der Waals surface area (Å²) < 4.78 is 0. The Balaban J connectivity index is -0.000000264. The second kappa shape index (κ2) is 71.8. The summed E-state index contributed by atoms with van der Waals surface area (Å²) >= 11 is 0. The van der Waals surface area contributed by atoms with E-state index in [1.807, 2.05) is 0 Å². The second-order valence-electron chi connectivity index (χ2n) is 19.6. The Bertz CT molecular complexity index is 861. The van der Waals surface area contributed by atoms with E-state index in [9.17, 15) is 14.4 Å². The molecule has 7 N–H and O–H groups in total. The quantitative estimate of drug-likeness (QED) is 0.0289. The van der Waals surface area contributed by atoms with E-state index in [1.54, 1.807) is 0 Å². The molecule has 68 heavy (non-hydrogen) atoms. The molecule has 0 heterocycles. The molecule has 0 aromatic carbocycles. The molecule has 10 nitrogen and oxygen atoms in total. The SMILES string of the molecule is CC(O)CO.CC(O)CO.CCCCCCCCCCCCCCCC(=O)O.CCCCCCCCCCCCCCCCCC(=O)O.CCCCCCCCCCCCCCCCCC(=O)O. The van der Waals surface area contributed by atoms with E-state index >= 15 is 0 Å². The average Bonchev–Trinajstić information content (AvgIpc) is 3.31. The van der Waals surface area contributed by atoms with Crippen LogP contribution in [0.1, 0.15) is 330 Å². The number of carbonyl (C=O) groups is 3. The molecule has 0 aliphatic heterocycles. The number of hydrogen-bond donors (Lipinski definition) is 7. The summed E-state index contributed by atoms with van der Waals surface area (Å²) in [4.78, 5) is 31.0. The lowest BCUT2D eigenvalue weighted by Gasteiger charge is -2.03. The topological polar surface area (TPSA) is 193 Å². The fourth-order valence-corrected chi connectivity index (χ4v) is 7.59. The fourth-order valence-electron chi connectivity index (χ4n) is 7.59. The molecule has 0 saturated carbocycles. The molecule has 10 heteroatoms. The van der Waals surface area contributed by atoms with Gasteiger partial charge in [0, 0.05) is 19.3 Å². The first-order valence-electron chi connectivity index (χ1n) is 29.1. The zero-order chi connectivity index (χ0) is 51.8. The molecule has 0 amide bonds. The zero-order valence-corrected chi connectivity index (χ0v) is 46.0. The van der Waals surface area contributed by atoms with Crippen molar-refractivity contribution in [3.8, 4) is 0 Å². The Morgan fingerprint density at radius 1 is 0.265 bits per heavy atom. The van der Waals surface area contributed by atoms with Crippen molar-refractivity contribution in [3.05, 3.63) is 0 Å². The standard InChI is InChI=1S/2C18H36O2.C16H32O2.2C3H8O2/c2*1-2-3-4-5-6-7-8-9-10-11-12-13-14-15-16-17-18(19)20;1-2-3-4-5-6-7-8-9-10-11-12-13-14-15-16(17)18;2*1-3(5)2-4/h2*2-17H2,1H3,(H,19,20);2-15H2,1H3,(H,17,18);2*3-5H,2H2,1H3. The minimum Gasteiger partial charge on any atom is -0.481 e. The lowest BCUT2D eigenvalue weighted by atomic mass is 10.0. The number of carboxylic acids is 3. The third-order valence-electron chi connectivity index (χ3n) is 12.0. The van der Waals surface area contributed by atoms with Crippen molar-refractivity contribution in [1.29, 1.82) is 0 Å². The summed E-state index contributed by atoms with van der Waals surface area (Å²) in [5, 5.41) is 57.5. The maximum Gasteiger partial charge on any atom is 0.303 e. The summed E-state index contributed by atoms with van der Waals surface area (Å²) in [7, 11) is 0. The van der Waals surface area contributed by atoms with Gasteiger partial charge in [-0.2, -0.15) is 0 Å². The van der Waals surface area contributed by atoms with Gasteiger partial charge in [-0.1, -0.05) is 278 Å². The van der Waals surface area contributed by atoms with Crippen LogP contribution in [0, 0.1) is 0 Å². The number of aliphatic carboxylic acids is 3. The van der Waals surface area contributed by atoms with Crippen LogP contribution in [0.15, 0.2) is 0 Å². The van der Waals surface area contributed by atoms with Gasteiger partial charge in [-0.25, -0.2) is 0 Å². The van der Waals surface area contributed by atoms with Gasteiger partial charge in [0.1, 0.15) is 0 Å². The van der Waals surface area contributed by atoms with E-state index in [1.165, 1.54) is 251 Å². The van der Waals surface area contributed by atoms with E-state index in [4.69, 9.17) is 35.7 Å². The van der Waals surface area contributed by atoms with Crippen LogP contribution in [0.25, 0.3) is 0 Å². The molecule has 0 aliphatic carbocycles. The molecular formula is C58H120O10. The molecule has 0 rings (SSSR count). The van der Waals surface area contributed by atoms with Crippen LogP contribution in [0.2, 0.25) is 0 Å².